The molecule has 1 amide bonds. The first-order valence-corrected chi connectivity index (χ1v) is 7.23. The third kappa shape index (κ3) is 2.75. The number of ketones is 1. The summed E-state index contributed by atoms with van der Waals surface area (Å²) in [5, 5.41) is 0. The second-order valence-electron chi connectivity index (χ2n) is 5.50. The van der Waals surface area contributed by atoms with Crippen LogP contribution in [0.3, 0.4) is 0 Å². The predicted octanol–water partition coefficient (Wildman–Crippen LogP) is 2.00. The highest BCUT2D eigenvalue weighted by atomic mass is 16.5. The number of benzene rings is 1. The van der Waals surface area contributed by atoms with E-state index in [1.165, 1.54) is 5.56 Å². The minimum absolute atomic E-state index is 0.0716. The van der Waals surface area contributed by atoms with Gasteiger partial charge in [-0.25, -0.2) is 0 Å². The largest absolute Gasteiger partial charge is 0.378 e. The number of ether oxygens (including phenoxy) is 1. The van der Waals surface area contributed by atoms with E-state index < -0.39 is 0 Å². The van der Waals surface area contributed by atoms with Crippen LogP contribution in [-0.2, 0) is 9.53 Å². The van der Waals surface area contributed by atoms with Gasteiger partial charge in [0, 0.05) is 31.5 Å². The van der Waals surface area contributed by atoms with Gasteiger partial charge in [-0.1, -0.05) is 12.1 Å². The monoisotopic (exact) mass is 273 g/mol. The lowest BCUT2D eigenvalue weighted by Gasteiger charge is -2.27. The molecule has 1 atom stereocenters. The molecule has 20 heavy (non-hydrogen) atoms. The molecule has 2 aliphatic rings. The van der Waals surface area contributed by atoms with Crippen LogP contribution in [-0.4, -0.2) is 42.9 Å². The Morgan fingerprint density at radius 3 is 2.45 bits per heavy atom. The van der Waals surface area contributed by atoms with Crippen LogP contribution in [0.1, 0.15) is 41.1 Å². The highest BCUT2D eigenvalue weighted by molar-refractivity contribution is 5.94. The molecule has 0 N–H and O–H groups in total. The van der Waals surface area contributed by atoms with Crippen LogP contribution in [0.15, 0.2) is 24.3 Å². The number of amides is 1. The first-order chi connectivity index (χ1) is 9.74. The molecule has 4 heteroatoms. The van der Waals surface area contributed by atoms with Gasteiger partial charge in [0.1, 0.15) is 5.78 Å². The third-order valence-corrected chi connectivity index (χ3v) is 4.17. The van der Waals surface area contributed by atoms with E-state index in [-0.39, 0.29) is 5.91 Å². The van der Waals surface area contributed by atoms with Crippen LogP contribution in [0.2, 0.25) is 0 Å². The lowest BCUT2D eigenvalue weighted by molar-refractivity contribution is -0.117. The topological polar surface area (TPSA) is 46.6 Å². The van der Waals surface area contributed by atoms with Crippen molar-refractivity contribution in [1.29, 1.82) is 0 Å². The van der Waals surface area contributed by atoms with Gasteiger partial charge >= 0.3 is 0 Å². The summed E-state index contributed by atoms with van der Waals surface area (Å²) in [5.74, 6) is 0.765. The molecule has 4 nitrogen and oxygen atoms in total. The zero-order valence-electron chi connectivity index (χ0n) is 11.5. The van der Waals surface area contributed by atoms with Crippen LogP contribution < -0.4 is 0 Å². The van der Waals surface area contributed by atoms with Gasteiger partial charge in [0.2, 0.25) is 0 Å². The van der Waals surface area contributed by atoms with Crippen molar-refractivity contribution in [3.8, 4) is 0 Å². The van der Waals surface area contributed by atoms with E-state index in [1.807, 2.05) is 29.2 Å². The fraction of sp³-hybridized carbons (Fsp3) is 0.500. The molecule has 1 aliphatic carbocycles. The minimum atomic E-state index is 0.0716. The van der Waals surface area contributed by atoms with Gasteiger partial charge in [-0.3, -0.25) is 9.59 Å². The molecule has 1 aliphatic heterocycles. The molecule has 0 radical (unpaired) electrons. The maximum atomic E-state index is 12.3. The Kier molecular flexibility index (Phi) is 3.83. The van der Waals surface area contributed by atoms with E-state index in [4.69, 9.17) is 4.74 Å². The van der Waals surface area contributed by atoms with E-state index in [9.17, 15) is 9.59 Å². The summed E-state index contributed by atoms with van der Waals surface area (Å²) in [7, 11) is 0. The Morgan fingerprint density at radius 2 is 1.85 bits per heavy atom. The van der Waals surface area contributed by atoms with Gasteiger partial charge in [-0.15, -0.1) is 0 Å². The summed E-state index contributed by atoms with van der Waals surface area (Å²) in [6.07, 6.45) is 2.28. The summed E-state index contributed by atoms with van der Waals surface area (Å²) in [6.45, 7) is 2.57. The van der Waals surface area contributed by atoms with Gasteiger partial charge in [0.25, 0.3) is 5.91 Å². The highest BCUT2D eigenvalue weighted by Crippen LogP contribution is 2.32. The predicted molar refractivity (Wildman–Crippen MR) is 74.8 cm³/mol. The number of Topliss-reactive ketones (excluding diaryl/α,β-unsaturated/α-hetero) is 1. The van der Waals surface area contributed by atoms with E-state index in [1.54, 1.807) is 0 Å². The maximum Gasteiger partial charge on any atom is 0.254 e. The summed E-state index contributed by atoms with van der Waals surface area (Å²) in [6, 6.07) is 7.76. The Labute approximate surface area is 118 Å². The SMILES string of the molecule is O=C1CCC(c2ccc(C(=O)N3CCOCC3)cc2)C1. The number of carbonyl (C=O) groups excluding carboxylic acids is 2. The number of carbonyl (C=O) groups is 2. The van der Waals surface area contributed by atoms with Crippen molar-refractivity contribution in [2.75, 3.05) is 26.3 Å². The van der Waals surface area contributed by atoms with E-state index in [2.05, 4.69) is 0 Å². The van der Waals surface area contributed by atoms with Gasteiger partial charge in [-0.05, 0) is 30.0 Å². The number of hydrogen-bond donors (Lipinski definition) is 0. The van der Waals surface area contributed by atoms with Crippen molar-refractivity contribution in [2.24, 2.45) is 0 Å². The number of nitrogens with zero attached hydrogens (tertiary/aromatic N) is 1. The van der Waals surface area contributed by atoms with E-state index >= 15 is 0 Å². The smallest absolute Gasteiger partial charge is 0.254 e. The molecule has 0 spiro atoms. The molecule has 1 unspecified atom stereocenters. The maximum absolute atomic E-state index is 12.3. The zero-order chi connectivity index (χ0) is 13.9. The van der Waals surface area contributed by atoms with Crippen molar-refractivity contribution in [2.45, 2.75) is 25.2 Å². The Balaban J connectivity index is 1.69. The molecule has 1 saturated heterocycles. The lowest BCUT2D eigenvalue weighted by atomic mass is 9.96. The molecule has 1 aromatic carbocycles. The van der Waals surface area contributed by atoms with Crippen molar-refractivity contribution in [3.05, 3.63) is 35.4 Å². The summed E-state index contributed by atoms with van der Waals surface area (Å²) >= 11 is 0. The number of hydrogen-bond acceptors (Lipinski definition) is 3. The zero-order valence-corrected chi connectivity index (χ0v) is 11.5. The van der Waals surface area contributed by atoms with Gasteiger partial charge in [0.15, 0.2) is 0 Å². The van der Waals surface area contributed by atoms with Gasteiger partial charge in [-0.2, -0.15) is 0 Å². The Hall–Kier alpha value is -1.68. The van der Waals surface area contributed by atoms with Crippen molar-refractivity contribution in [3.63, 3.8) is 0 Å². The fourth-order valence-electron chi connectivity index (χ4n) is 2.95. The normalized spacial score (nSPS) is 23.1. The average Bonchev–Trinajstić information content (AvgIpc) is 2.94. The fourth-order valence-corrected chi connectivity index (χ4v) is 2.95. The molecule has 3 rings (SSSR count). The molecule has 2 fully saturated rings. The molecule has 1 saturated carbocycles. The van der Waals surface area contributed by atoms with Crippen LogP contribution in [0.5, 0.6) is 0 Å². The van der Waals surface area contributed by atoms with Crippen molar-refractivity contribution >= 4 is 11.7 Å². The third-order valence-electron chi connectivity index (χ3n) is 4.17. The first kappa shape index (κ1) is 13.3. The van der Waals surface area contributed by atoms with E-state index in [0.29, 0.717) is 50.8 Å². The lowest BCUT2D eigenvalue weighted by Crippen LogP contribution is -2.40. The molecule has 0 aromatic heterocycles. The van der Waals surface area contributed by atoms with Gasteiger partial charge < -0.3 is 9.64 Å². The van der Waals surface area contributed by atoms with Crippen LogP contribution in [0, 0.1) is 0 Å². The average molecular weight is 273 g/mol. The number of morpholine rings is 1. The van der Waals surface area contributed by atoms with Crippen LogP contribution in [0.25, 0.3) is 0 Å². The Morgan fingerprint density at radius 1 is 1.15 bits per heavy atom. The van der Waals surface area contributed by atoms with Crippen molar-refractivity contribution < 1.29 is 14.3 Å². The quantitative estimate of drug-likeness (QED) is 0.828. The van der Waals surface area contributed by atoms with Crippen LogP contribution in [0.4, 0.5) is 0 Å². The van der Waals surface area contributed by atoms with Gasteiger partial charge in [0.05, 0.1) is 13.2 Å². The van der Waals surface area contributed by atoms with E-state index in [0.717, 1.165) is 12.0 Å². The molecule has 1 aromatic rings. The second kappa shape index (κ2) is 5.75. The molecule has 1 heterocycles. The minimum Gasteiger partial charge on any atom is -0.378 e. The molecular weight excluding hydrogens is 254 g/mol. The number of rotatable bonds is 2. The standard InChI is InChI=1S/C16H19NO3/c18-15-6-5-14(11-15)12-1-3-13(4-2-12)16(19)17-7-9-20-10-8-17/h1-4,14H,5-11H2. The highest BCUT2D eigenvalue weighted by Gasteiger charge is 2.24. The first-order valence-electron chi connectivity index (χ1n) is 7.23. The summed E-state index contributed by atoms with van der Waals surface area (Å²) in [4.78, 5) is 25.5. The molecule has 0 bridgehead atoms. The van der Waals surface area contributed by atoms with Crippen LogP contribution >= 0.6 is 0 Å². The van der Waals surface area contributed by atoms with Crippen molar-refractivity contribution in [1.82, 2.24) is 4.90 Å². The summed E-state index contributed by atoms with van der Waals surface area (Å²) < 4.78 is 5.26. The summed E-state index contributed by atoms with van der Waals surface area (Å²) in [5.41, 5.74) is 1.90. The Bertz CT molecular complexity index is 503. The second-order valence-corrected chi connectivity index (χ2v) is 5.50. The molecular formula is C16H19NO3. The molecule has 106 valence electrons.